The van der Waals surface area contributed by atoms with E-state index in [0.717, 1.165) is 12.3 Å². The van der Waals surface area contributed by atoms with Crippen LogP contribution in [0, 0.1) is 5.82 Å². The van der Waals surface area contributed by atoms with Gasteiger partial charge in [-0.15, -0.1) is 0 Å². The van der Waals surface area contributed by atoms with Crippen molar-refractivity contribution in [3.63, 3.8) is 0 Å². The molecule has 10 nitrogen and oxygen atoms in total. The van der Waals surface area contributed by atoms with Crippen molar-refractivity contribution in [3.05, 3.63) is 30.2 Å². The van der Waals surface area contributed by atoms with E-state index in [1.165, 1.54) is 25.4 Å². The molecule has 3 aromatic rings. The van der Waals surface area contributed by atoms with Crippen molar-refractivity contribution in [1.82, 2.24) is 15.0 Å². The standard InChI is InChI=1S/C19H20FN5O5S/c1-29-18-14(24-31(2,27)28)7-11(10-21-18)16-13-8-12(20)9-15(26)17(13)23-19(22-16)25-3-5-30-6-4-25/h7-10,24,26H,3-6H2,1-2H3. The van der Waals surface area contributed by atoms with E-state index >= 15 is 0 Å². The lowest BCUT2D eigenvalue weighted by molar-refractivity contribution is 0.122. The van der Waals surface area contributed by atoms with Crippen LogP contribution < -0.4 is 14.4 Å². The van der Waals surface area contributed by atoms with Crippen molar-refractivity contribution in [3.8, 4) is 22.9 Å². The number of hydrogen-bond donors (Lipinski definition) is 2. The molecule has 0 saturated carbocycles. The molecule has 1 aromatic carbocycles. The molecule has 1 saturated heterocycles. The van der Waals surface area contributed by atoms with Gasteiger partial charge in [0.1, 0.15) is 22.8 Å². The van der Waals surface area contributed by atoms with Crippen molar-refractivity contribution < 1.29 is 27.4 Å². The fourth-order valence-corrected chi connectivity index (χ4v) is 3.86. The monoisotopic (exact) mass is 449 g/mol. The molecule has 1 aliphatic heterocycles. The molecule has 2 aromatic heterocycles. The highest BCUT2D eigenvalue weighted by Crippen LogP contribution is 2.36. The number of anilines is 2. The second-order valence-electron chi connectivity index (χ2n) is 6.95. The molecule has 4 rings (SSSR count). The number of halogens is 1. The summed E-state index contributed by atoms with van der Waals surface area (Å²) in [7, 11) is -2.25. The molecular formula is C19H20FN5O5S. The van der Waals surface area contributed by atoms with Gasteiger partial charge in [-0.25, -0.2) is 27.8 Å². The second-order valence-corrected chi connectivity index (χ2v) is 8.70. The van der Waals surface area contributed by atoms with E-state index in [0.29, 0.717) is 37.8 Å². The Kier molecular flexibility index (Phi) is 5.50. The first kappa shape index (κ1) is 21.0. The number of pyridine rings is 1. The summed E-state index contributed by atoms with van der Waals surface area (Å²) in [5.41, 5.74) is 0.941. The third-order valence-electron chi connectivity index (χ3n) is 4.64. The van der Waals surface area contributed by atoms with E-state index in [1.54, 1.807) is 0 Å². The van der Waals surface area contributed by atoms with Gasteiger partial charge < -0.3 is 19.5 Å². The zero-order valence-electron chi connectivity index (χ0n) is 16.8. The lowest BCUT2D eigenvalue weighted by Gasteiger charge is -2.27. The van der Waals surface area contributed by atoms with Gasteiger partial charge in [-0.05, 0) is 12.1 Å². The fraction of sp³-hybridized carbons (Fsp3) is 0.316. The van der Waals surface area contributed by atoms with E-state index in [-0.39, 0.29) is 33.9 Å². The number of hydrogen-bond acceptors (Lipinski definition) is 9. The molecule has 0 aliphatic carbocycles. The summed E-state index contributed by atoms with van der Waals surface area (Å²) < 4.78 is 50.5. The van der Waals surface area contributed by atoms with Crippen LogP contribution in [-0.4, -0.2) is 68.1 Å². The first-order valence-electron chi connectivity index (χ1n) is 9.30. The molecular weight excluding hydrogens is 429 g/mol. The van der Waals surface area contributed by atoms with Gasteiger partial charge in [0, 0.05) is 36.3 Å². The quantitative estimate of drug-likeness (QED) is 0.599. The minimum absolute atomic E-state index is 0.0648. The number of phenolic OH excluding ortho intramolecular Hbond substituents is 1. The van der Waals surface area contributed by atoms with Gasteiger partial charge in [0.05, 0.1) is 32.3 Å². The Hall–Kier alpha value is -3.25. The highest BCUT2D eigenvalue weighted by molar-refractivity contribution is 7.92. The minimum atomic E-state index is -3.61. The first-order valence-corrected chi connectivity index (χ1v) is 11.2. The number of rotatable bonds is 5. The number of ether oxygens (including phenoxy) is 2. The van der Waals surface area contributed by atoms with Gasteiger partial charge in [-0.2, -0.15) is 0 Å². The van der Waals surface area contributed by atoms with Crippen molar-refractivity contribution >= 4 is 32.6 Å². The van der Waals surface area contributed by atoms with E-state index in [1.807, 2.05) is 4.90 Å². The van der Waals surface area contributed by atoms with Crippen molar-refractivity contribution in [2.45, 2.75) is 0 Å². The summed E-state index contributed by atoms with van der Waals surface area (Å²) in [5, 5.41) is 10.6. The molecule has 2 N–H and O–H groups in total. The summed E-state index contributed by atoms with van der Waals surface area (Å²) in [5.74, 6) is -0.592. The number of nitrogens with one attached hydrogen (secondary N) is 1. The topological polar surface area (TPSA) is 127 Å². The average Bonchev–Trinajstić information content (AvgIpc) is 2.72. The summed E-state index contributed by atoms with van der Waals surface area (Å²) >= 11 is 0. The van der Waals surface area contributed by atoms with Crippen LogP contribution in [0.3, 0.4) is 0 Å². The number of sulfonamides is 1. The largest absolute Gasteiger partial charge is 0.506 e. The van der Waals surface area contributed by atoms with Crippen LogP contribution in [0.4, 0.5) is 16.0 Å². The van der Waals surface area contributed by atoms with Crippen LogP contribution in [0.25, 0.3) is 22.2 Å². The Bertz CT molecular complexity index is 1250. The smallest absolute Gasteiger partial charge is 0.238 e. The molecule has 1 aliphatic rings. The normalized spacial score (nSPS) is 14.6. The zero-order valence-corrected chi connectivity index (χ0v) is 17.6. The van der Waals surface area contributed by atoms with Gasteiger partial charge in [0.2, 0.25) is 21.9 Å². The Balaban J connectivity index is 1.94. The van der Waals surface area contributed by atoms with E-state index in [9.17, 15) is 17.9 Å². The summed E-state index contributed by atoms with van der Waals surface area (Å²) in [4.78, 5) is 15.1. The lowest BCUT2D eigenvalue weighted by Crippen LogP contribution is -2.37. The van der Waals surface area contributed by atoms with Gasteiger partial charge in [0.25, 0.3) is 0 Å². The molecule has 164 valence electrons. The number of aromatic hydroxyl groups is 1. The molecule has 0 spiro atoms. The van der Waals surface area contributed by atoms with Gasteiger partial charge in [-0.3, -0.25) is 4.72 Å². The van der Waals surface area contributed by atoms with Crippen LogP contribution in [0.2, 0.25) is 0 Å². The molecule has 0 radical (unpaired) electrons. The maximum Gasteiger partial charge on any atom is 0.238 e. The number of methoxy groups -OCH3 is 1. The molecule has 3 heterocycles. The Morgan fingerprint density at radius 2 is 1.97 bits per heavy atom. The third-order valence-corrected chi connectivity index (χ3v) is 5.23. The molecule has 1 fully saturated rings. The van der Waals surface area contributed by atoms with Gasteiger partial charge >= 0.3 is 0 Å². The van der Waals surface area contributed by atoms with Crippen LogP contribution in [0.15, 0.2) is 24.4 Å². The number of nitrogens with zero attached hydrogens (tertiary/aromatic N) is 4. The van der Waals surface area contributed by atoms with E-state index in [2.05, 4.69) is 19.7 Å². The third kappa shape index (κ3) is 4.44. The van der Waals surface area contributed by atoms with E-state index in [4.69, 9.17) is 9.47 Å². The Labute approximate surface area is 177 Å². The van der Waals surface area contributed by atoms with Crippen LogP contribution in [-0.2, 0) is 14.8 Å². The summed E-state index contributed by atoms with van der Waals surface area (Å²) in [6.07, 6.45) is 2.43. The van der Waals surface area contributed by atoms with Crippen molar-refractivity contribution in [2.24, 2.45) is 0 Å². The summed E-state index contributed by atoms with van der Waals surface area (Å²) in [6.45, 7) is 2.10. The van der Waals surface area contributed by atoms with Crippen LogP contribution >= 0.6 is 0 Å². The average molecular weight is 449 g/mol. The highest BCUT2D eigenvalue weighted by Gasteiger charge is 2.21. The predicted octanol–water partition coefficient (Wildman–Crippen LogP) is 1.75. The van der Waals surface area contributed by atoms with Crippen LogP contribution in [0.1, 0.15) is 0 Å². The van der Waals surface area contributed by atoms with Gasteiger partial charge in [0.15, 0.2) is 0 Å². The van der Waals surface area contributed by atoms with Gasteiger partial charge in [-0.1, -0.05) is 0 Å². The molecule has 0 bridgehead atoms. The second kappa shape index (κ2) is 8.12. The Morgan fingerprint density at radius 1 is 1.23 bits per heavy atom. The van der Waals surface area contributed by atoms with Crippen molar-refractivity contribution in [2.75, 3.05) is 49.3 Å². The molecule has 12 heteroatoms. The van der Waals surface area contributed by atoms with Crippen LogP contribution in [0.5, 0.6) is 11.6 Å². The number of morpholine rings is 1. The molecule has 31 heavy (non-hydrogen) atoms. The summed E-state index contributed by atoms with van der Waals surface area (Å²) in [6, 6.07) is 3.67. The van der Waals surface area contributed by atoms with Crippen molar-refractivity contribution in [1.29, 1.82) is 0 Å². The lowest BCUT2D eigenvalue weighted by atomic mass is 10.1. The Morgan fingerprint density at radius 3 is 2.65 bits per heavy atom. The first-order chi connectivity index (χ1) is 14.7. The maximum absolute atomic E-state index is 14.1. The van der Waals surface area contributed by atoms with E-state index < -0.39 is 15.8 Å². The molecule has 0 atom stereocenters. The fourth-order valence-electron chi connectivity index (χ4n) is 3.31. The maximum atomic E-state index is 14.1. The minimum Gasteiger partial charge on any atom is -0.506 e. The zero-order chi connectivity index (χ0) is 22.2. The number of fused-ring (bicyclic) bond motifs is 1. The predicted molar refractivity (Wildman–Crippen MR) is 112 cm³/mol. The molecule has 0 unspecified atom stereocenters. The molecule has 0 amide bonds. The SMILES string of the molecule is COc1ncc(-c2nc(N3CCOCC3)nc3c(O)cc(F)cc23)cc1NS(C)(=O)=O. The number of aromatic nitrogens is 3. The highest BCUT2D eigenvalue weighted by atomic mass is 32.2. The number of phenols is 1. The number of benzene rings is 1.